The predicted molar refractivity (Wildman–Crippen MR) is 25.1 cm³/mol. The standard InChI is InChI=1S/C5H10/c1-4-5(2)3/h4H,1-3H3/i5+1. The van der Waals surface area contributed by atoms with Crippen molar-refractivity contribution >= 4 is 0 Å². The average Bonchev–Trinajstić information content (AvgIpc) is 1.38. The van der Waals surface area contributed by atoms with Crippen LogP contribution in [0, 0.1) is 0 Å². The van der Waals surface area contributed by atoms with Crippen LogP contribution >= 0.6 is 0 Å². The third kappa shape index (κ3) is 3.74. The van der Waals surface area contributed by atoms with Crippen LogP contribution in [-0.4, -0.2) is 0 Å². The molecule has 0 aromatic carbocycles. The normalized spacial score (nSPS) is 7.00. The Morgan fingerprint density at radius 3 is 1.60 bits per heavy atom. The van der Waals surface area contributed by atoms with E-state index in [4.69, 9.17) is 0 Å². The molecule has 0 aromatic rings. The highest BCUT2D eigenvalue weighted by Crippen LogP contribution is 1.82. The zero-order valence-corrected chi connectivity index (χ0v) is 4.08. The maximum atomic E-state index is 2.08. The fourth-order valence-electron chi connectivity index (χ4n) is 0. The van der Waals surface area contributed by atoms with Gasteiger partial charge in [-0.15, -0.1) is 0 Å². The van der Waals surface area contributed by atoms with E-state index in [9.17, 15) is 0 Å². The van der Waals surface area contributed by atoms with Gasteiger partial charge in [0.1, 0.15) is 0 Å². The van der Waals surface area contributed by atoms with Crippen LogP contribution in [0.25, 0.3) is 0 Å². The summed E-state index contributed by atoms with van der Waals surface area (Å²) in [5.74, 6) is 0. The molecule has 0 saturated heterocycles. The molecule has 0 aromatic heterocycles. The fraction of sp³-hybridized carbons (Fsp3) is 0.600. The maximum Gasteiger partial charge on any atom is -0.0442 e. The summed E-state index contributed by atoms with van der Waals surface area (Å²) in [5.41, 5.74) is 1.38. The monoisotopic (exact) mass is 71.1 g/mol. The maximum absolute atomic E-state index is 2.08. The third-order valence-electron chi connectivity index (χ3n) is 0.577. The van der Waals surface area contributed by atoms with Gasteiger partial charge in [0.2, 0.25) is 0 Å². The SMILES string of the molecule is CC=[13C](C)C. The molecule has 0 amide bonds. The van der Waals surface area contributed by atoms with Crippen molar-refractivity contribution in [1.29, 1.82) is 0 Å². The van der Waals surface area contributed by atoms with Gasteiger partial charge in [0.05, 0.1) is 0 Å². The van der Waals surface area contributed by atoms with Gasteiger partial charge in [0, 0.05) is 0 Å². The van der Waals surface area contributed by atoms with E-state index in [1.807, 2.05) is 6.92 Å². The molecule has 0 atom stereocenters. The Bertz CT molecular complexity index is 38.0. The van der Waals surface area contributed by atoms with Crippen LogP contribution in [0.3, 0.4) is 0 Å². The summed E-state index contributed by atoms with van der Waals surface area (Å²) < 4.78 is 0. The second-order valence-corrected chi connectivity index (χ2v) is 1.37. The van der Waals surface area contributed by atoms with Crippen LogP contribution in [0.1, 0.15) is 20.8 Å². The number of allylic oxidation sites excluding steroid dienone is 2. The molecule has 5 heavy (non-hydrogen) atoms. The average molecular weight is 71.1 g/mol. The van der Waals surface area contributed by atoms with Crippen molar-refractivity contribution in [2.45, 2.75) is 20.8 Å². The fourth-order valence-corrected chi connectivity index (χ4v) is 0. The minimum absolute atomic E-state index is 1.38. The quantitative estimate of drug-likeness (QED) is 0.302. The van der Waals surface area contributed by atoms with Gasteiger partial charge in [0.15, 0.2) is 0 Å². The van der Waals surface area contributed by atoms with Crippen molar-refractivity contribution in [3.8, 4) is 0 Å². The van der Waals surface area contributed by atoms with Crippen molar-refractivity contribution < 1.29 is 0 Å². The van der Waals surface area contributed by atoms with Crippen LogP contribution in [0.4, 0.5) is 0 Å². The Labute approximate surface area is 33.5 Å². The first-order valence-electron chi connectivity index (χ1n) is 1.87. The third-order valence-corrected chi connectivity index (χ3v) is 0.577. The summed E-state index contributed by atoms with van der Waals surface area (Å²) >= 11 is 0. The Balaban J connectivity index is 3.14. The lowest BCUT2D eigenvalue weighted by Gasteiger charge is -1.74. The molecular weight excluding hydrogens is 61.0 g/mol. The molecule has 0 fully saturated rings. The smallest absolute Gasteiger partial charge is 0.0442 e. The Morgan fingerprint density at radius 1 is 1.40 bits per heavy atom. The first kappa shape index (κ1) is 4.74. The lowest BCUT2D eigenvalue weighted by molar-refractivity contribution is 1.36. The number of hydrogen-bond acceptors (Lipinski definition) is 0. The molecule has 0 rings (SSSR count). The van der Waals surface area contributed by atoms with Gasteiger partial charge in [-0.25, -0.2) is 0 Å². The van der Waals surface area contributed by atoms with Gasteiger partial charge < -0.3 is 0 Å². The first-order valence-corrected chi connectivity index (χ1v) is 1.87. The molecule has 0 aliphatic rings. The minimum atomic E-state index is 1.38. The molecule has 0 aliphatic carbocycles. The van der Waals surface area contributed by atoms with Crippen LogP contribution in [0.2, 0.25) is 0 Å². The molecule has 0 heteroatoms. The molecular formula is C5H10. The largest absolute Gasteiger partial charge is 0.0890 e. The predicted octanol–water partition coefficient (Wildman–Crippen LogP) is 1.97. The molecule has 0 N–H and O–H groups in total. The van der Waals surface area contributed by atoms with E-state index in [0.29, 0.717) is 0 Å². The van der Waals surface area contributed by atoms with E-state index >= 15 is 0 Å². The van der Waals surface area contributed by atoms with Gasteiger partial charge in [-0.05, 0) is 20.8 Å². The van der Waals surface area contributed by atoms with E-state index in [1.54, 1.807) is 0 Å². The van der Waals surface area contributed by atoms with Gasteiger partial charge in [0.25, 0.3) is 0 Å². The van der Waals surface area contributed by atoms with Crippen molar-refractivity contribution in [3.63, 3.8) is 0 Å². The molecule has 0 nitrogen and oxygen atoms in total. The molecule has 0 unspecified atom stereocenters. The second kappa shape index (κ2) is 2.01. The van der Waals surface area contributed by atoms with E-state index in [0.717, 1.165) is 0 Å². The van der Waals surface area contributed by atoms with Crippen molar-refractivity contribution in [1.82, 2.24) is 0 Å². The topological polar surface area (TPSA) is 0 Å². The minimum Gasteiger partial charge on any atom is -0.0890 e. The Kier molecular flexibility index (Phi) is 1.90. The molecule has 0 heterocycles. The van der Waals surface area contributed by atoms with Crippen LogP contribution < -0.4 is 0 Å². The van der Waals surface area contributed by atoms with E-state index < -0.39 is 0 Å². The van der Waals surface area contributed by atoms with Gasteiger partial charge in [-0.3, -0.25) is 0 Å². The van der Waals surface area contributed by atoms with Crippen LogP contribution in [-0.2, 0) is 0 Å². The number of hydrogen-bond donors (Lipinski definition) is 0. The zero-order chi connectivity index (χ0) is 4.28. The first-order chi connectivity index (χ1) is 2.27. The summed E-state index contributed by atoms with van der Waals surface area (Å²) in [6, 6.07) is 0. The molecule has 0 saturated carbocycles. The lowest BCUT2D eigenvalue weighted by Crippen LogP contribution is -1.52. The molecule has 0 bridgehead atoms. The van der Waals surface area contributed by atoms with Gasteiger partial charge in [-0.1, -0.05) is 11.6 Å². The molecule has 0 aliphatic heterocycles. The second-order valence-electron chi connectivity index (χ2n) is 1.37. The molecule has 0 spiro atoms. The van der Waals surface area contributed by atoms with Crippen molar-refractivity contribution in [2.75, 3.05) is 0 Å². The Morgan fingerprint density at radius 2 is 1.60 bits per heavy atom. The van der Waals surface area contributed by atoms with E-state index in [-0.39, 0.29) is 0 Å². The summed E-state index contributed by atoms with van der Waals surface area (Å²) in [4.78, 5) is 0. The number of rotatable bonds is 0. The lowest BCUT2D eigenvalue weighted by atomic mass is 10.7. The summed E-state index contributed by atoms with van der Waals surface area (Å²) in [6.45, 7) is 6.20. The van der Waals surface area contributed by atoms with Gasteiger partial charge >= 0.3 is 0 Å². The van der Waals surface area contributed by atoms with E-state index in [2.05, 4.69) is 19.9 Å². The zero-order valence-electron chi connectivity index (χ0n) is 4.08. The van der Waals surface area contributed by atoms with Crippen molar-refractivity contribution in [3.05, 3.63) is 11.6 Å². The molecule has 0 radical (unpaired) electrons. The Hall–Kier alpha value is -0.260. The highest BCUT2D eigenvalue weighted by molar-refractivity contribution is 4.88. The summed E-state index contributed by atoms with van der Waals surface area (Å²) in [5, 5.41) is 0. The van der Waals surface area contributed by atoms with Gasteiger partial charge in [-0.2, -0.15) is 0 Å². The summed E-state index contributed by atoms with van der Waals surface area (Å²) in [6.07, 6.45) is 2.08. The van der Waals surface area contributed by atoms with Crippen LogP contribution in [0.15, 0.2) is 11.6 Å². The summed E-state index contributed by atoms with van der Waals surface area (Å²) in [7, 11) is 0. The van der Waals surface area contributed by atoms with Crippen molar-refractivity contribution in [2.24, 2.45) is 0 Å². The van der Waals surface area contributed by atoms with E-state index in [1.165, 1.54) is 5.57 Å². The van der Waals surface area contributed by atoms with Crippen LogP contribution in [0.5, 0.6) is 0 Å². The highest BCUT2D eigenvalue weighted by Gasteiger charge is 1.60. The molecule has 30 valence electrons. The highest BCUT2D eigenvalue weighted by atomic mass is 14.2.